The minimum absolute atomic E-state index is 0.799. The molecule has 0 bridgehead atoms. The summed E-state index contributed by atoms with van der Waals surface area (Å²) in [5.74, 6) is 0.799. The molecule has 1 fully saturated rings. The number of alkyl halides is 1. The van der Waals surface area contributed by atoms with Gasteiger partial charge in [-0.2, -0.15) is 0 Å². The predicted octanol–water partition coefficient (Wildman–Crippen LogP) is 3.23. The number of rotatable bonds is 5. The Morgan fingerprint density at radius 1 is 1.11 bits per heavy atom. The molecule has 1 aromatic carbocycles. The van der Waals surface area contributed by atoms with Gasteiger partial charge < -0.3 is 4.90 Å². The SMILES string of the molecule is CCC(CBr)CN1CCN(c2ccccc2)CC1. The van der Waals surface area contributed by atoms with E-state index in [1.165, 1.54) is 31.7 Å². The summed E-state index contributed by atoms with van der Waals surface area (Å²) in [6.07, 6.45) is 1.27. The fourth-order valence-electron chi connectivity index (χ4n) is 2.48. The monoisotopic (exact) mass is 310 g/mol. The lowest BCUT2D eigenvalue weighted by atomic mass is 10.1. The summed E-state index contributed by atoms with van der Waals surface area (Å²) in [6, 6.07) is 10.8. The summed E-state index contributed by atoms with van der Waals surface area (Å²) < 4.78 is 0. The summed E-state index contributed by atoms with van der Waals surface area (Å²) in [6.45, 7) is 8.22. The largest absolute Gasteiger partial charge is 0.369 e. The maximum Gasteiger partial charge on any atom is 0.0367 e. The molecular weight excluding hydrogens is 288 g/mol. The molecule has 1 aromatic rings. The zero-order valence-corrected chi connectivity index (χ0v) is 12.8. The Bertz CT molecular complexity index is 330. The molecule has 2 rings (SSSR count). The van der Waals surface area contributed by atoms with Crippen molar-refractivity contribution < 1.29 is 0 Å². The molecule has 100 valence electrons. The number of anilines is 1. The Hall–Kier alpha value is -0.540. The third-order valence-electron chi connectivity index (χ3n) is 3.81. The minimum atomic E-state index is 0.799. The first-order valence-corrected chi connectivity index (χ1v) is 8.04. The van der Waals surface area contributed by atoms with Crippen molar-refractivity contribution in [3.63, 3.8) is 0 Å². The summed E-state index contributed by atoms with van der Waals surface area (Å²) in [5, 5.41) is 1.13. The van der Waals surface area contributed by atoms with Crippen molar-refractivity contribution in [3.05, 3.63) is 30.3 Å². The molecule has 0 radical (unpaired) electrons. The van der Waals surface area contributed by atoms with E-state index in [4.69, 9.17) is 0 Å². The predicted molar refractivity (Wildman–Crippen MR) is 82.7 cm³/mol. The van der Waals surface area contributed by atoms with Crippen LogP contribution in [0.15, 0.2) is 30.3 Å². The van der Waals surface area contributed by atoms with Crippen LogP contribution < -0.4 is 4.90 Å². The van der Waals surface area contributed by atoms with E-state index in [0.717, 1.165) is 24.3 Å². The highest BCUT2D eigenvalue weighted by Gasteiger charge is 2.19. The summed E-state index contributed by atoms with van der Waals surface area (Å²) >= 11 is 3.61. The number of piperazine rings is 1. The lowest BCUT2D eigenvalue weighted by Crippen LogP contribution is -2.47. The molecule has 1 unspecified atom stereocenters. The lowest BCUT2D eigenvalue weighted by molar-refractivity contribution is 0.225. The second-order valence-corrected chi connectivity index (χ2v) is 5.70. The Morgan fingerprint density at radius 2 is 1.78 bits per heavy atom. The second-order valence-electron chi connectivity index (χ2n) is 5.05. The van der Waals surface area contributed by atoms with Crippen molar-refractivity contribution in [1.29, 1.82) is 0 Å². The Morgan fingerprint density at radius 3 is 2.33 bits per heavy atom. The highest BCUT2D eigenvalue weighted by atomic mass is 79.9. The van der Waals surface area contributed by atoms with E-state index in [1.54, 1.807) is 0 Å². The molecule has 0 N–H and O–H groups in total. The van der Waals surface area contributed by atoms with E-state index in [-0.39, 0.29) is 0 Å². The zero-order valence-electron chi connectivity index (χ0n) is 11.2. The van der Waals surface area contributed by atoms with Gasteiger partial charge in [0, 0.05) is 43.7 Å². The lowest BCUT2D eigenvalue weighted by Gasteiger charge is -2.37. The third kappa shape index (κ3) is 3.72. The van der Waals surface area contributed by atoms with Gasteiger partial charge >= 0.3 is 0 Å². The smallest absolute Gasteiger partial charge is 0.0367 e. The average Bonchev–Trinajstić information content (AvgIpc) is 2.46. The van der Waals surface area contributed by atoms with Crippen LogP contribution in [0.1, 0.15) is 13.3 Å². The Labute approximate surface area is 119 Å². The van der Waals surface area contributed by atoms with Crippen LogP contribution in [0.25, 0.3) is 0 Å². The molecule has 18 heavy (non-hydrogen) atoms. The van der Waals surface area contributed by atoms with E-state index < -0.39 is 0 Å². The fourth-order valence-corrected chi connectivity index (χ4v) is 3.14. The van der Waals surface area contributed by atoms with Gasteiger partial charge in [0.25, 0.3) is 0 Å². The summed E-state index contributed by atoms with van der Waals surface area (Å²) in [5.41, 5.74) is 1.37. The molecule has 0 amide bonds. The number of halogens is 1. The summed E-state index contributed by atoms with van der Waals surface area (Å²) in [4.78, 5) is 5.10. The van der Waals surface area contributed by atoms with Gasteiger partial charge in [-0.25, -0.2) is 0 Å². The molecule has 1 aliphatic rings. The van der Waals surface area contributed by atoms with Crippen LogP contribution in [-0.4, -0.2) is 43.0 Å². The maximum atomic E-state index is 3.61. The summed E-state index contributed by atoms with van der Waals surface area (Å²) in [7, 11) is 0. The van der Waals surface area contributed by atoms with Crippen LogP contribution in [0.4, 0.5) is 5.69 Å². The Balaban J connectivity index is 1.81. The molecule has 0 aliphatic carbocycles. The molecule has 0 spiro atoms. The molecule has 1 aliphatic heterocycles. The molecule has 0 aromatic heterocycles. The van der Waals surface area contributed by atoms with Crippen molar-refractivity contribution in [2.75, 3.05) is 43.0 Å². The second kappa shape index (κ2) is 7.15. The quantitative estimate of drug-likeness (QED) is 0.770. The van der Waals surface area contributed by atoms with Crippen LogP contribution in [0, 0.1) is 5.92 Å². The Kier molecular flexibility index (Phi) is 5.51. The van der Waals surface area contributed by atoms with E-state index in [9.17, 15) is 0 Å². The van der Waals surface area contributed by atoms with Crippen molar-refractivity contribution >= 4 is 21.6 Å². The number of hydrogen-bond acceptors (Lipinski definition) is 2. The number of nitrogens with zero attached hydrogens (tertiary/aromatic N) is 2. The van der Waals surface area contributed by atoms with E-state index in [1.807, 2.05) is 0 Å². The van der Waals surface area contributed by atoms with Crippen molar-refractivity contribution in [2.45, 2.75) is 13.3 Å². The first-order valence-electron chi connectivity index (χ1n) is 6.91. The van der Waals surface area contributed by atoms with Gasteiger partial charge in [0.15, 0.2) is 0 Å². The topological polar surface area (TPSA) is 6.48 Å². The number of para-hydroxylation sites is 1. The van der Waals surface area contributed by atoms with Gasteiger partial charge in [0.2, 0.25) is 0 Å². The molecule has 3 heteroatoms. The van der Waals surface area contributed by atoms with E-state index in [2.05, 4.69) is 63.0 Å². The first kappa shape index (κ1) is 13.9. The van der Waals surface area contributed by atoms with E-state index >= 15 is 0 Å². The molecule has 1 saturated heterocycles. The highest BCUT2D eigenvalue weighted by Crippen LogP contribution is 2.17. The van der Waals surface area contributed by atoms with Gasteiger partial charge in [-0.3, -0.25) is 4.90 Å². The van der Waals surface area contributed by atoms with Crippen molar-refractivity contribution in [1.82, 2.24) is 4.90 Å². The number of benzene rings is 1. The van der Waals surface area contributed by atoms with Crippen LogP contribution in [-0.2, 0) is 0 Å². The fraction of sp³-hybridized carbons (Fsp3) is 0.600. The normalized spacial score (nSPS) is 18.9. The van der Waals surface area contributed by atoms with Crippen molar-refractivity contribution in [3.8, 4) is 0 Å². The van der Waals surface area contributed by atoms with E-state index in [0.29, 0.717) is 0 Å². The first-order chi connectivity index (χ1) is 8.83. The van der Waals surface area contributed by atoms with Crippen LogP contribution in [0.3, 0.4) is 0 Å². The maximum absolute atomic E-state index is 3.61. The molecule has 0 saturated carbocycles. The standard InChI is InChI=1S/C15H23BrN2/c1-2-14(12-16)13-17-8-10-18(11-9-17)15-6-4-3-5-7-15/h3-7,14H,2,8-13H2,1H3. The molecule has 1 atom stereocenters. The third-order valence-corrected chi connectivity index (χ3v) is 4.72. The molecule has 2 nitrogen and oxygen atoms in total. The van der Waals surface area contributed by atoms with Gasteiger partial charge in [0.05, 0.1) is 0 Å². The van der Waals surface area contributed by atoms with Gasteiger partial charge in [-0.05, 0) is 18.1 Å². The molecule has 1 heterocycles. The highest BCUT2D eigenvalue weighted by molar-refractivity contribution is 9.09. The average molecular weight is 311 g/mol. The minimum Gasteiger partial charge on any atom is -0.369 e. The van der Waals surface area contributed by atoms with Crippen LogP contribution in [0.2, 0.25) is 0 Å². The zero-order chi connectivity index (χ0) is 12.8. The van der Waals surface area contributed by atoms with Gasteiger partial charge in [-0.1, -0.05) is 47.5 Å². The van der Waals surface area contributed by atoms with Crippen molar-refractivity contribution in [2.24, 2.45) is 5.92 Å². The van der Waals surface area contributed by atoms with Gasteiger partial charge in [0.1, 0.15) is 0 Å². The van der Waals surface area contributed by atoms with Gasteiger partial charge in [-0.15, -0.1) is 0 Å². The number of hydrogen-bond donors (Lipinski definition) is 0. The van der Waals surface area contributed by atoms with Crippen LogP contribution in [0.5, 0.6) is 0 Å². The molecular formula is C15H23BrN2. The van der Waals surface area contributed by atoms with Crippen LogP contribution >= 0.6 is 15.9 Å².